The van der Waals surface area contributed by atoms with Crippen LogP contribution < -0.4 is 10.2 Å². The van der Waals surface area contributed by atoms with Gasteiger partial charge in [-0.25, -0.2) is 9.37 Å². The largest absolute Gasteiger partial charge is 0.467 e. The standard InChI is InChI=1S/C16H20FN3O/c1-2-18-9-12-8-13(17)10-19-16(12)20(14-5-6-14)11-15-4-3-7-21-15/h3-4,7-8,10,14,18H,2,5-6,9,11H2,1H3. The molecule has 0 spiro atoms. The van der Waals surface area contributed by atoms with Crippen molar-refractivity contribution in [2.45, 2.75) is 38.9 Å². The van der Waals surface area contributed by atoms with Crippen molar-refractivity contribution >= 4 is 5.82 Å². The number of aromatic nitrogens is 1. The minimum absolute atomic E-state index is 0.291. The molecule has 112 valence electrons. The fourth-order valence-electron chi connectivity index (χ4n) is 2.46. The maximum absolute atomic E-state index is 13.5. The Morgan fingerprint density at radius 2 is 2.33 bits per heavy atom. The molecule has 1 saturated carbocycles. The SMILES string of the molecule is CCNCc1cc(F)cnc1N(Cc1ccco1)C1CC1. The smallest absolute Gasteiger partial charge is 0.141 e. The number of halogens is 1. The third-order valence-corrected chi connectivity index (χ3v) is 3.64. The molecule has 0 atom stereocenters. The van der Waals surface area contributed by atoms with E-state index < -0.39 is 0 Å². The number of anilines is 1. The van der Waals surface area contributed by atoms with Crippen LogP contribution in [0.25, 0.3) is 0 Å². The summed E-state index contributed by atoms with van der Waals surface area (Å²) in [5, 5.41) is 3.25. The maximum Gasteiger partial charge on any atom is 0.141 e. The first-order chi connectivity index (χ1) is 10.3. The quantitative estimate of drug-likeness (QED) is 0.850. The van der Waals surface area contributed by atoms with E-state index in [4.69, 9.17) is 4.42 Å². The van der Waals surface area contributed by atoms with E-state index in [1.54, 1.807) is 12.3 Å². The number of hydrogen-bond acceptors (Lipinski definition) is 4. The molecule has 0 aliphatic heterocycles. The molecule has 1 N–H and O–H groups in total. The predicted octanol–water partition coefficient (Wildman–Crippen LogP) is 3.09. The molecule has 2 heterocycles. The van der Waals surface area contributed by atoms with Crippen molar-refractivity contribution < 1.29 is 8.81 Å². The lowest BCUT2D eigenvalue weighted by Gasteiger charge is -2.25. The molecule has 0 aromatic carbocycles. The fraction of sp³-hybridized carbons (Fsp3) is 0.438. The Kier molecular flexibility index (Phi) is 4.20. The van der Waals surface area contributed by atoms with Gasteiger partial charge in [0, 0.05) is 18.2 Å². The van der Waals surface area contributed by atoms with Crippen molar-refractivity contribution in [1.82, 2.24) is 10.3 Å². The lowest BCUT2D eigenvalue weighted by molar-refractivity contribution is 0.499. The van der Waals surface area contributed by atoms with E-state index in [0.717, 1.165) is 36.5 Å². The third-order valence-electron chi connectivity index (χ3n) is 3.64. The van der Waals surface area contributed by atoms with Crippen LogP contribution in [0.1, 0.15) is 31.1 Å². The molecule has 1 aliphatic rings. The van der Waals surface area contributed by atoms with Crippen molar-refractivity contribution in [2.75, 3.05) is 11.4 Å². The molecule has 2 aromatic rings. The normalized spacial score (nSPS) is 14.4. The van der Waals surface area contributed by atoms with Gasteiger partial charge in [0.25, 0.3) is 0 Å². The van der Waals surface area contributed by atoms with Gasteiger partial charge in [-0.3, -0.25) is 0 Å². The number of nitrogens with one attached hydrogen (secondary N) is 1. The molecule has 0 bridgehead atoms. The van der Waals surface area contributed by atoms with E-state index in [1.165, 1.54) is 6.20 Å². The number of rotatable bonds is 7. The molecule has 5 heteroatoms. The number of pyridine rings is 1. The highest BCUT2D eigenvalue weighted by molar-refractivity contribution is 5.49. The summed E-state index contributed by atoms with van der Waals surface area (Å²) in [5.41, 5.74) is 0.898. The summed E-state index contributed by atoms with van der Waals surface area (Å²) in [6.07, 6.45) is 5.28. The zero-order valence-electron chi connectivity index (χ0n) is 12.2. The Hall–Kier alpha value is -1.88. The van der Waals surface area contributed by atoms with Crippen LogP contribution >= 0.6 is 0 Å². The zero-order valence-corrected chi connectivity index (χ0v) is 12.2. The van der Waals surface area contributed by atoms with Gasteiger partial charge < -0.3 is 14.6 Å². The third kappa shape index (κ3) is 3.42. The highest BCUT2D eigenvalue weighted by Crippen LogP contribution is 2.34. The van der Waals surface area contributed by atoms with Crippen molar-refractivity contribution in [1.29, 1.82) is 0 Å². The van der Waals surface area contributed by atoms with E-state index >= 15 is 0 Å². The highest BCUT2D eigenvalue weighted by Gasteiger charge is 2.32. The van der Waals surface area contributed by atoms with Gasteiger partial charge in [-0.05, 0) is 37.6 Å². The molecule has 1 fully saturated rings. The average molecular weight is 289 g/mol. The monoisotopic (exact) mass is 289 g/mol. The average Bonchev–Trinajstić information content (AvgIpc) is 3.20. The van der Waals surface area contributed by atoms with E-state index in [9.17, 15) is 4.39 Å². The minimum atomic E-state index is -0.291. The van der Waals surface area contributed by atoms with Gasteiger partial charge in [-0.2, -0.15) is 0 Å². The molecule has 4 nitrogen and oxygen atoms in total. The minimum Gasteiger partial charge on any atom is -0.467 e. The number of hydrogen-bond donors (Lipinski definition) is 1. The van der Waals surface area contributed by atoms with Gasteiger partial charge in [0.1, 0.15) is 17.4 Å². The lowest BCUT2D eigenvalue weighted by Crippen LogP contribution is -2.28. The highest BCUT2D eigenvalue weighted by atomic mass is 19.1. The Morgan fingerprint density at radius 3 is 3.00 bits per heavy atom. The van der Waals surface area contributed by atoms with Gasteiger partial charge in [-0.1, -0.05) is 6.92 Å². The summed E-state index contributed by atoms with van der Waals surface area (Å²) in [4.78, 5) is 6.57. The second-order valence-electron chi connectivity index (χ2n) is 5.36. The summed E-state index contributed by atoms with van der Waals surface area (Å²) >= 11 is 0. The van der Waals surface area contributed by atoms with E-state index in [1.807, 2.05) is 19.1 Å². The molecule has 1 aliphatic carbocycles. The van der Waals surface area contributed by atoms with Crippen LogP contribution in [-0.4, -0.2) is 17.6 Å². The topological polar surface area (TPSA) is 41.3 Å². The molecule has 3 rings (SSSR count). The lowest BCUT2D eigenvalue weighted by atomic mass is 10.2. The Morgan fingerprint density at radius 1 is 1.48 bits per heavy atom. The van der Waals surface area contributed by atoms with Crippen molar-refractivity contribution in [3.63, 3.8) is 0 Å². The van der Waals surface area contributed by atoms with Crippen LogP contribution in [0.3, 0.4) is 0 Å². The van der Waals surface area contributed by atoms with Crippen molar-refractivity contribution in [2.24, 2.45) is 0 Å². The Labute approximate surface area is 124 Å². The van der Waals surface area contributed by atoms with Crippen LogP contribution in [0.15, 0.2) is 35.1 Å². The molecule has 21 heavy (non-hydrogen) atoms. The fourth-order valence-corrected chi connectivity index (χ4v) is 2.46. The summed E-state index contributed by atoms with van der Waals surface area (Å²) in [5.74, 6) is 1.47. The predicted molar refractivity (Wildman–Crippen MR) is 79.5 cm³/mol. The van der Waals surface area contributed by atoms with Gasteiger partial charge >= 0.3 is 0 Å². The van der Waals surface area contributed by atoms with E-state index in [0.29, 0.717) is 19.1 Å². The van der Waals surface area contributed by atoms with Gasteiger partial charge in [-0.15, -0.1) is 0 Å². The first-order valence-electron chi connectivity index (χ1n) is 7.42. The molecule has 0 saturated heterocycles. The molecule has 2 aromatic heterocycles. The summed E-state index contributed by atoms with van der Waals surface area (Å²) in [6, 6.07) is 5.90. The van der Waals surface area contributed by atoms with Crippen LogP contribution in [0.5, 0.6) is 0 Å². The summed E-state index contributed by atoms with van der Waals surface area (Å²) < 4.78 is 19.0. The second-order valence-corrected chi connectivity index (χ2v) is 5.36. The van der Waals surface area contributed by atoms with E-state index in [2.05, 4.69) is 15.2 Å². The number of nitrogens with zero attached hydrogens (tertiary/aromatic N) is 2. The summed E-state index contributed by atoms with van der Waals surface area (Å²) in [6.45, 7) is 4.18. The molecule has 0 amide bonds. The van der Waals surface area contributed by atoms with Gasteiger partial charge in [0.15, 0.2) is 0 Å². The van der Waals surface area contributed by atoms with Crippen LogP contribution in [-0.2, 0) is 13.1 Å². The first-order valence-corrected chi connectivity index (χ1v) is 7.42. The van der Waals surface area contributed by atoms with Crippen LogP contribution in [0.2, 0.25) is 0 Å². The zero-order chi connectivity index (χ0) is 14.7. The molecular formula is C16H20FN3O. The molecule has 0 radical (unpaired) electrons. The maximum atomic E-state index is 13.5. The van der Waals surface area contributed by atoms with E-state index in [-0.39, 0.29) is 5.82 Å². The number of furan rings is 1. The van der Waals surface area contributed by atoms with Crippen LogP contribution in [0.4, 0.5) is 10.2 Å². The Bertz CT molecular complexity index is 581. The molecule has 0 unspecified atom stereocenters. The second kappa shape index (κ2) is 6.26. The van der Waals surface area contributed by atoms with Crippen molar-refractivity contribution in [3.05, 3.63) is 47.8 Å². The summed E-state index contributed by atoms with van der Waals surface area (Å²) in [7, 11) is 0. The first kappa shape index (κ1) is 14.1. The van der Waals surface area contributed by atoms with Gasteiger partial charge in [0.2, 0.25) is 0 Å². The van der Waals surface area contributed by atoms with Crippen LogP contribution in [0, 0.1) is 5.82 Å². The van der Waals surface area contributed by atoms with Crippen molar-refractivity contribution in [3.8, 4) is 0 Å². The van der Waals surface area contributed by atoms with Gasteiger partial charge in [0.05, 0.1) is 19.0 Å². The molecular weight excluding hydrogens is 269 g/mol. The Balaban J connectivity index is 1.87.